The molecule has 0 saturated carbocycles. The van der Waals surface area contributed by atoms with Gasteiger partial charge in [0.2, 0.25) is 0 Å². The van der Waals surface area contributed by atoms with E-state index in [9.17, 15) is 5.11 Å². The zero-order valence-electron chi connectivity index (χ0n) is 21.3. The van der Waals surface area contributed by atoms with Gasteiger partial charge in [0.1, 0.15) is 34.6 Å². The fourth-order valence-electron chi connectivity index (χ4n) is 4.32. The summed E-state index contributed by atoms with van der Waals surface area (Å²) in [5.41, 5.74) is 4.88. The number of aromatic hydroxyl groups is 1. The summed E-state index contributed by atoms with van der Waals surface area (Å²) in [6.07, 6.45) is 3.16. The van der Waals surface area contributed by atoms with Crippen LogP contribution < -0.4 is 10.1 Å². The zero-order chi connectivity index (χ0) is 26.2. The summed E-state index contributed by atoms with van der Waals surface area (Å²) in [6, 6.07) is 20.4. The van der Waals surface area contributed by atoms with Crippen molar-refractivity contribution in [3.8, 4) is 39.6 Å². The lowest BCUT2D eigenvalue weighted by Crippen LogP contribution is -2.35. The Morgan fingerprint density at radius 2 is 1.73 bits per heavy atom. The molecular weight excluding hydrogens is 467 g/mol. The maximum absolute atomic E-state index is 15.5. The van der Waals surface area contributed by atoms with Gasteiger partial charge in [0, 0.05) is 23.3 Å². The van der Waals surface area contributed by atoms with E-state index < -0.39 is 5.82 Å². The second-order valence-corrected chi connectivity index (χ2v) is 9.96. The van der Waals surface area contributed by atoms with Crippen LogP contribution in [0.5, 0.6) is 11.5 Å². The lowest BCUT2D eigenvalue weighted by molar-refractivity contribution is 0.415. The number of imidazole rings is 1. The van der Waals surface area contributed by atoms with Crippen LogP contribution in [0, 0.1) is 5.82 Å². The molecule has 0 aliphatic carbocycles. The van der Waals surface area contributed by atoms with Crippen molar-refractivity contribution in [1.82, 2.24) is 19.9 Å². The van der Waals surface area contributed by atoms with Crippen molar-refractivity contribution in [1.29, 1.82) is 0 Å². The Bertz CT molecular complexity index is 1570. The van der Waals surface area contributed by atoms with Crippen molar-refractivity contribution < 1.29 is 14.2 Å². The number of rotatable bonds is 6. The van der Waals surface area contributed by atoms with E-state index in [1.807, 2.05) is 54.6 Å². The molecule has 0 spiro atoms. The van der Waals surface area contributed by atoms with Crippen molar-refractivity contribution in [3.05, 3.63) is 90.6 Å². The smallest absolute Gasteiger partial charge is 0.168 e. The van der Waals surface area contributed by atoms with E-state index in [2.05, 4.69) is 36.1 Å². The third kappa shape index (κ3) is 4.90. The number of halogens is 1. The van der Waals surface area contributed by atoms with Crippen LogP contribution in [-0.2, 0) is 6.54 Å². The Balaban J connectivity index is 1.54. The van der Waals surface area contributed by atoms with E-state index in [0.29, 0.717) is 17.6 Å². The molecule has 5 aromatic rings. The Hall–Kier alpha value is -4.23. The molecule has 0 aliphatic heterocycles. The number of fused-ring (bicyclic) bond motifs is 1. The van der Waals surface area contributed by atoms with Crippen LogP contribution in [0.1, 0.15) is 26.3 Å². The van der Waals surface area contributed by atoms with Gasteiger partial charge in [-0.05, 0) is 73.9 Å². The summed E-state index contributed by atoms with van der Waals surface area (Å²) in [5, 5.41) is 14.7. The maximum Gasteiger partial charge on any atom is 0.168 e. The Morgan fingerprint density at radius 1 is 0.973 bits per heavy atom. The monoisotopic (exact) mass is 496 g/mol. The Morgan fingerprint density at radius 3 is 2.43 bits per heavy atom. The van der Waals surface area contributed by atoms with Crippen LogP contribution in [0.3, 0.4) is 0 Å². The van der Waals surface area contributed by atoms with Gasteiger partial charge in [-0.1, -0.05) is 30.3 Å². The molecule has 0 amide bonds. The van der Waals surface area contributed by atoms with Gasteiger partial charge in [0.05, 0.1) is 13.3 Å². The number of benzene rings is 3. The summed E-state index contributed by atoms with van der Waals surface area (Å²) in [4.78, 5) is 8.72. The highest BCUT2D eigenvalue weighted by atomic mass is 19.1. The van der Waals surface area contributed by atoms with Crippen LogP contribution in [0.2, 0.25) is 0 Å². The van der Waals surface area contributed by atoms with Crippen LogP contribution in [-0.4, -0.2) is 32.3 Å². The predicted octanol–water partition coefficient (Wildman–Crippen LogP) is 6.50. The van der Waals surface area contributed by atoms with Crippen molar-refractivity contribution in [2.75, 3.05) is 7.11 Å². The van der Waals surface area contributed by atoms with Gasteiger partial charge >= 0.3 is 0 Å². The average molecular weight is 497 g/mol. The number of aromatic nitrogens is 3. The molecule has 0 saturated heterocycles. The molecule has 0 fully saturated rings. The number of hydrogen-bond acceptors (Lipinski definition) is 5. The van der Waals surface area contributed by atoms with E-state index >= 15 is 4.39 Å². The molecule has 3 aromatic carbocycles. The predicted molar refractivity (Wildman–Crippen MR) is 145 cm³/mol. The Kier molecular flexibility index (Phi) is 6.39. The first-order valence-electron chi connectivity index (χ1n) is 12.1. The van der Waals surface area contributed by atoms with E-state index in [4.69, 9.17) is 4.74 Å². The van der Waals surface area contributed by atoms with Crippen LogP contribution in [0.15, 0.2) is 79.3 Å². The molecule has 37 heavy (non-hydrogen) atoms. The van der Waals surface area contributed by atoms with Crippen LogP contribution in [0.25, 0.3) is 39.1 Å². The number of methoxy groups -OCH3 is 1. The van der Waals surface area contributed by atoms with E-state index in [1.54, 1.807) is 30.3 Å². The number of hydrogen-bond donors (Lipinski definition) is 2. The molecule has 0 atom stereocenters. The molecule has 188 valence electrons. The van der Waals surface area contributed by atoms with Crippen LogP contribution >= 0.6 is 0 Å². The highest BCUT2D eigenvalue weighted by Crippen LogP contribution is 2.37. The molecule has 0 aliphatic rings. The molecule has 5 rings (SSSR count). The largest absolute Gasteiger partial charge is 0.504 e. The highest BCUT2D eigenvalue weighted by Gasteiger charge is 2.19. The zero-order valence-corrected chi connectivity index (χ0v) is 21.3. The minimum atomic E-state index is -0.464. The lowest BCUT2D eigenvalue weighted by Gasteiger charge is -2.22. The summed E-state index contributed by atoms with van der Waals surface area (Å²) in [6.45, 7) is 7.00. The van der Waals surface area contributed by atoms with E-state index in [0.717, 1.165) is 28.1 Å². The summed E-state index contributed by atoms with van der Waals surface area (Å²) < 4.78 is 22.5. The number of ether oxygens (including phenoxy) is 1. The standard InChI is InChI=1S/C30H29FN4O2/c1-30(2,3)34-16-20-7-5-6-8-23(20)19-9-14-24(25(31)15-19)27-29(36)28-26(17-32-27)33-18-35(28)21-10-12-22(37-4)13-11-21/h5-15,17-18,34,36H,16H2,1-4H3. The van der Waals surface area contributed by atoms with Gasteiger partial charge in [0.25, 0.3) is 0 Å². The lowest BCUT2D eigenvalue weighted by atomic mass is 9.96. The quantitative estimate of drug-likeness (QED) is 0.281. The number of pyridine rings is 1. The highest BCUT2D eigenvalue weighted by molar-refractivity contribution is 5.89. The molecule has 0 bridgehead atoms. The van der Waals surface area contributed by atoms with Crippen molar-refractivity contribution in [2.24, 2.45) is 0 Å². The molecule has 2 aromatic heterocycles. The second kappa shape index (κ2) is 9.67. The SMILES string of the molecule is COc1ccc(-n2cnc3cnc(-c4ccc(-c5ccccc5CNC(C)(C)C)cc4F)c(O)c32)cc1. The van der Waals surface area contributed by atoms with Crippen molar-refractivity contribution in [3.63, 3.8) is 0 Å². The van der Waals surface area contributed by atoms with Crippen molar-refractivity contribution in [2.45, 2.75) is 32.9 Å². The van der Waals surface area contributed by atoms with Crippen LogP contribution in [0.4, 0.5) is 4.39 Å². The molecule has 2 heterocycles. The molecular formula is C30H29FN4O2. The van der Waals surface area contributed by atoms with E-state index in [1.165, 1.54) is 6.07 Å². The molecule has 2 N–H and O–H groups in total. The first kappa shape index (κ1) is 24.5. The third-order valence-corrected chi connectivity index (χ3v) is 6.27. The first-order valence-corrected chi connectivity index (χ1v) is 12.1. The van der Waals surface area contributed by atoms with Gasteiger partial charge in [-0.3, -0.25) is 4.57 Å². The first-order chi connectivity index (χ1) is 17.7. The van der Waals surface area contributed by atoms with Gasteiger partial charge in [0.15, 0.2) is 5.75 Å². The topological polar surface area (TPSA) is 72.2 Å². The maximum atomic E-state index is 15.5. The molecule has 0 radical (unpaired) electrons. The average Bonchev–Trinajstić information content (AvgIpc) is 3.33. The van der Waals surface area contributed by atoms with Crippen molar-refractivity contribution >= 4 is 11.0 Å². The Labute approximate surface area is 215 Å². The summed E-state index contributed by atoms with van der Waals surface area (Å²) in [7, 11) is 1.60. The van der Waals surface area contributed by atoms with Gasteiger partial charge < -0.3 is 15.2 Å². The van der Waals surface area contributed by atoms with Gasteiger partial charge in [-0.2, -0.15) is 0 Å². The molecule has 6 nitrogen and oxygen atoms in total. The van der Waals surface area contributed by atoms with Gasteiger partial charge in [-0.15, -0.1) is 0 Å². The fraction of sp³-hybridized carbons (Fsp3) is 0.200. The third-order valence-electron chi connectivity index (χ3n) is 6.27. The molecule has 0 unspecified atom stereocenters. The fourth-order valence-corrected chi connectivity index (χ4v) is 4.32. The molecule has 7 heteroatoms. The summed E-state index contributed by atoms with van der Waals surface area (Å²) in [5.74, 6) is 0.124. The minimum Gasteiger partial charge on any atom is -0.504 e. The summed E-state index contributed by atoms with van der Waals surface area (Å²) >= 11 is 0. The number of nitrogens with zero attached hydrogens (tertiary/aromatic N) is 3. The van der Waals surface area contributed by atoms with Gasteiger partial charge in [-0.25, -0.2) is 14.4 Å². The minimum absolute atomic E-state index is 0.0393. The normalized spacial score (nSPS) is 11.7. The second-order valence-electron chi connectivity index (χ2n) is 9.96. The number of nitrogens with one attached hydrogen (secondary N) is 1. The van der Waals surface area contributed by atoms with E-state index in [-0.39, 0.29) is 22.5 Å².